The third-order valence-corrected chi connectivity index (χ3v) is 4.87. The molecule has 0 aliphatic carbocycles. The molecular weight excluding hydrogens is 408 g/mol. The van der Waals surface area contributed by atoms with Crippen LogP contribution < -0.4 is 14.8 Å². The van der Waals surface area contributed by atoms with Gasteiger partial charge in [-0.3, -0.25) is 14.9 Å². The lowest BCUT2D eigenvalue weighted by Gasteiger charge is -2.11. The summed E-state index contributed by atoms with van der Waals surface area (Å²) >= 11 is 1.37. The van der Waals surface area contributed by atoms with Crippen molar-refractivity contribution >= 4 is 44.3 Å². The van der Waals surface area contributed by atoms with Crippen LogP contribution in [0.3, 0.4) is 0 Å². The highest BCUT2D eigenvalue weighted by Gasteiger charge is 2.13. The largest absolute Gasteiger partial charge is 0.493 e. The van der Waals surface area contributed by atoms with Gasteiger partial charge >= 0.3 is 5.97 Å². The van der Waals surface area contributed by atoms with Gasteiger partial charge in [0, 0.05) is 11.6 Å². The molecule has 3 rings (SSSR count). The molecule has 0 saturated carbocycles. The average Bonchev–Trinajstić information content (AvgIpc) is 3.17. The van der Waals surface area contributed by atoms with E-state index >= 15 is 0 Å². The minimum atomic E-state index is -0.630. The summed E-state index contributed by atoms with van der Waals surface area (Å²) in [5.74, 6) is -0.837. The fraction of sp³-hybridized carbons (Fsp3) is 0.143. The Morgan fingerprint density at radius 3 is 2.60 bits per heavy atom. The molecule has 9 heteroatoms. The lowest BCUT2D eigenvalue weighted by molar-refractivity contribution is -0.134. The van der Waals surface area contributed by atoms with E-state index in [9.17, 15) is 14.4 Å². The number of esters is 1. The number of rotatable bonds is 8. The van der Waals surface area contributed by atoms with Crippen molar-refractivity contribution < 1.29 is 28.6 Å². The number of para-hydroxylation sites is 1. The van der Waals surface area contributed by atoms with Gasteiger partial charge in [0.05, 0.1) is 24.4 Å². The van der Waals surface area contributed by atoms with Gasteiger partial charge in [-0.15, -0.1) is 0 Å². The Hall–Kier alpha value is -3.72. The van der Waals surface area contributed by atoms with Crippen molar-refractivity contribution in [3.05, 3.63) is 60.2 Å². The number of carbonyl (C=O) groups excluding carboxylic acids is 3. The Bertz CT molecular complexity index is 1090. The molecule has 0 unspecified atom stereocenters. The number of anilines is 1. The first-order valence-corrected chi connectivity index (χ1v) is 9.58. The van der Waals surface area contributed by atoms with E-state index in [1.54, 1.807) is 0 Å². The number of aromatic nitrogens is 1. The number of allylic oxidation sites excluding steroid dienone is 1. The van der Waals surface area contributed by atoms with Crippen molar-refractivity contribution in [3.63, 3.8) is 0 Å². The van der Waals surface area contributed by atoms with E-state index < -0.39 is 11.8 Å². The highest BCUT2D eigenvalue weighted by molar-refractivity contribution is 7.22. The standard InChI is InChI=1S/C21H18N2O6S/c1-27-17-11-13(15(24)8-10-20(26)28-2)7-9-16(17)29-12-19(25)23-21-22-14-5-3-4-6-18(14)30-21/h3-11H,12H2,1-2H3,(H,22,23,25)/b10-8+. The van der Waals surface area contributed by atoms with Gasteiger partial charge < -0.3 is 14.2 Å². The summed E-state index contributed by atoms with van der Waals surface area (Å²) in [7, 11) is 2.64. The summed E-state index contributed by atoms with van der Waals surface area (Å²) in [5, 5.41) is 3.18. The number of hydrogen-bond donors (Lipinski definition) is 1. The number of thiazole rings is 1. The Morgan fingerprint density at radius 2 is 1.87 bits per heavy atom. The molecule has 0 bridgehead atoms. The maximum absolute atomic E-state index is 12.2. The number of ketones is 1. The Balaban J connectivity index is 1.62. The second-order valence-electron chi connectivity index (χ2n) is 5.91. The fourth-order valence-electron chi connectivity index (χ4n) is 2.47. The molecule has 154 valence electrons. The molecule has 1 heterocycles. The molecule has 0 radical (unpaired) electrons. The molecule has 0 saturated heterocycles. The first-order valence-electron chi connectivity index (χ1n) is 8.76. The zero-order valence-electron chi connectivity index (χ0n) is 16.2. The Kier molecular flexibility index (Phi) is 6.76. The molecule has 1 aromatic heterocycles. The zero-order valence-corrected chi connectivity index (χ0v) is 17.0. The minimum absolute atomic E-state index is 0.262. The van der Waals surface area contributed by atoms with Crippen LogP contribution in [-0.2, 0) is 14.3 Å². The molecule has 0 spiro atoms. The summed E-state index contributed by atoms with van der Waals surface area (Å²) in [5.41, 5.74) is 1.10. The predicted octanol–water partition coefficient (Wildman–Crippen LogP) is 3.23. The van der Waals surface area contributed by atoms with E-state index in [0.29, 0.717) is 16.4 Å². The van der Waals surface area contributed by atoms with E-state index in [1.807, 2.05) is 24.3 Å². The summed E-state index contributed by atoms with van der Waals surface area (Å²) < 4.78 is 16.2. The SMILES string of the molecule is COC(=O)/C=C/C(=O)c1ccc(OCC(=O)Nc2nc3ccccc3s2)c(OC)c1. The van der Waals surface area contributed by atoms with Crippen molar-refractivity contribution in [1.82, 2.24) is 4.98 Å². The van der Waals surface area contributed by atoms with E-state index in [2.05, 4.69) is 15.0 Å². The predicted molar refractivity (Wildman–Crippen MR) is 112 cm³/mol. The number of nitrogens with zero attached hydrogens (tertiary/aromatic N) is 1. The molecule has 30 heavy (non-hydrogen) atoms. The molecule has 3 aromatic rings. The molecule has 2 aromatic carbocycles. The number of fused-ring (bicyclic) bond motifs is 1. The molecule has 0 aliphatic rings. The number of hydrogen-bond acceptors (Lipinski definition) is 8. The molecule has 0 fully saturated rings. The van der Waals surface area contributed by atoms with Gasteiger partial charge in [0.25, 0.3) is 5.91 Å². The number of ether oxygens (including phenoxy) is 3. The maximum atomic E-state index is 12.2. The number of methoxy groups -OCH3 is 2. The molecular formula is C21H18N2O6S. The summed E-state index contributed by atoms with van der Waals surface area (Å²) in [6.45, 7) is -0.262. The highest BCUT2D eigenvalue weighted by atomic mass is 32.1. The molecule has 0 atom stereocenters. The van der Waals surface area contributed by atoms with Crippen molar-refractivity contribution in [2.75, 3.05) is 26.1 Å². The van der Waals surface area contributed by atoms with E-state index in [0.717, 1.165) is 22.4 Å². The lowest BCUT2D eigenvalue weighted by Crippen LogP contribution is -2.20. The third kappa shape index (κ3) is 5.21. The molecule has 1 amide bonds. The fourth-order valence-corrected chi connectivity index (χ4v) is 3.35. The Morgan fingerprint density at radius 1 is 1.07 bits per heavy atom. The smallest absolute Gasteiger partial charge is 0.330 e. The van der Waals surface area contributed by atoms with Crippen LogP contribution in [0.15, 0.2) is 54.6 Å². The van der Waals surface area contributed by atoms with Gasteiger partial charge in [0.2, 0.25) is 0 Å². The summed E-state index contributed by atoms with van der Waals surface area (Å²) in [4.78, 5) is 39.8. The summed E-state index contributed by atoms with van der Waals surface area (Å²) in [6.07, 6.45) is 2.14. The lowest BCUT2D eigenvalue weighted by atomic mass is 10.1. The topological polar surface area (TPSA) is 104 Å². The van der Waals surface area contributed by atoms with Crippen molar-refractivity contribution in [3.8, 4) is 11.5 Å². The first kappa shape index (κ1) is 21.0. The zero-order chi connectivity index (χ0) is 21.5. The van der Waals surface area contributed by atoms with Crippen molar-refractivity contribution in [1.29, 1.82) is 0 Å². The normalized spacial score (nSPS) is 10.7. The van der Waals surface area contributed by atoms with Crippen LogP contribution >= 0.6 is 11.3 Å². The van der Waals surface area contributed by atoms with Crippen LogP contribution in [0.5, 0.6) is 11.5 Å². The molecule has 1 N–H and O–H groups in total. The van der Waals surface area contributed by atoms with Crippen LogP contribution in [0.4, 0.5) is 5.13 Å². The van der Waals surface area contributed by atoms with Crippen molar-refractivity contribution in [2.24, 2.45) is 0 Å². The van der Waals surface area contributed by atoms with Crippen LogP contribution in [0.2, 0.25) is 0 Å². The molecule has 0 aliphatic heterocycles. The third-order valence-electron chi connectivity index (χ3n) is 3.92. The number of benzene rings is 2. The monoisotopic (exact) mass is 426 g/mol. The van der Waals surface area contributed by atoms with Gasteiger partial charge in [-0.1, -0.05) is 23.5 Å². The van der Waals surface area contributed by atoms with E-state index in [1.165, 1.54) is 43.8 Å². The van der Waals surface area contributed by atoms with Crippen LogP contribution in [0.25, 0.3) is 10.2 Å². The van der Waals surface area contributed by atoms with E-state index in [4.69, 9.17) is 9.47 Å². The number of nitrogens with one attached hydrogen (secondary N) is 1. The molecule has 8 nitrogen and oxygen atoms in total. The van der Waals surface area contributed by atoms with Crippen LogP contribution in [0.1, 0.15) is 10.4 Å². The highest BCUT2D eigenvalue weighted by Crippen LogP contribution is 2.29. The van der Waals surface area contributed by atoms with Crippen LogP contribution in [0, 0.1) is 0 Å². The minimum Gasteiger partial charge on any atom is -0.493 e. The first-order chi connectivity index (χ1) is 14.5. The summed E-state index contributed by atoms with van der Waals surface area (Å²) in [6, 6.07) is 12.1. The maximum Gasteiger partial charge on any atom is 0.330 e. The Labute approximate surface area is 176 Å². The average molecular weight is 426 g/mol. The number of amides is 1. The second kappa shape index (κ2) is 9.66. The van der Waals surface area contributed by atoms with Crippen LogP contribution in [-0.4, -0.2) is 43.5 Å². The quantitative estimate of drug-likeness (QED) is 0.335. The van der Waals surface area contributed by atoms with Crippen molar-refractivity contribution in [2.45, 2.75) is 0 Å². The van der Waals surface area contributed by atoms with E-state index in [-0.39, 0.29) is 18.3 Å². The van der Waals surface area contributed by atoms with Gasteiger partial charge in [-0.25, -0.2) is 9.78 Å². The second-order valence-corrected chi connectivity index (χ2v) is 6.94. The van der Waals surface area contributed by atoms with Gasteiger partial charge in [0.15, 0.2) is 29.0 Å². The number of carbonyl (C=O) groups is 3. The van der Waals surface area contributed by atoms with Gasteiger partial charge in [-0.05, 0) is 36.4 Å². The van der Waals surface area contributed by atoms with Gasteiger partial charge in [0.1, 0.15) is 0 Å². The van der Waals surface area contributed by atoms with Gasteiger partial charge in [-0.2, -0.15) is 0 Å².